The van der Waals surface area contributed by atoms with E-state index in [1.807, 2.05) is 24.3 Å². The maximum atomic E-state index is 9.52. The van der Waals surface area contributed by atoms with E-state index in [1.165, 1.54) is 0 Å². The second-order valence-electron chi connectivity index (χ2n) is 4.79. The number of hydrogen-bond donors (Lipinski definition) is 2. The highest BCUT2D eigenvalue weighted by Gasteiger charge is 2.10. The topological polar surface area (TPSA) is 41.5 Å². The molecule has 1 atom stereocenters. The average molecular weight is 415 g/mol. The Balaban J connectivity index is 2.06. The van der Waals surface area contributed by atoms with Crippen molar-refractivity contribution < 1.29 is 9.84 Å². The van der Waals surface area contributed by atoms with Crippen molar-refractivity contribution >= 4 is 31.9 Å². The summed E-state index contributed by atoms with van der Waals surface area (Å²) in [7, 11) is 1.65. The lowest BCUT2D eigenvalue weighted by Crippen LogP contribution is -2.18. The van der Waals surface area contributed by atoms with Crippen molar-refractivity contribution in [2.45, 2.75) is 19.5 Å². The summed E-state index contributed by atoms with van der Waals surface area (Å²) in [5, 5.41) is 13.0. The number of phenols is 1. The van der Waals surface area contributed by atoms with Crippen molar-refractivity contribution in [2.24, 2.45) is 0 Å². The molecule has 2 aromatic rings. The van der Waals surface area contributed by atoms with Crippen LogP contribution in [0.4, 0.5) is 0 Å². The largest absolute Gasteiger partial charge is 0.508 e. The number of halogens is 2. The highest BCUT2D eigenvalue weighted by molar-refractivity contribution is 9.11. The number of aromatic hydroxyl groups is 1. The van der Waals surface area contributed by atoms with Crippen LogP contribution in [0.25, 0.3) is 0 Å². The van der Waals surface area contributed by atoms with E-state index in [1.54, 1.807) is 19.2 Å². The minimum absolute atomic E-state index is 0.150. The first-order valence-electron chi connectivity index (χ1n) is 6.55. The first-order chi connectivity index (χ1) is 10.0. The van der Waals surface area contributed by atoms with Crippen LogP contribution in [0.2, 0.25) is 0 Å². The molecule has 0 heterocycles. The van der Waals surface area contributed by atoms with Gasteiger partial charge in [-0.05, 0) is 74.2 Å². The van der Waals surface area contributed by atoms with E-state index in [0.717, 1.165) is 32.4 Å². The maximum Gasteiger partial charge on any atom is 0.147 e. The van der Waals surface area contributed by atoms with Gasteiger partial charge in [0, 0.05) is 12.6 Å². The summed E-state index contributed by atoms with van der Waals surface area (Å²) in [6, 6.07) is 11.5. The lowest BCUT2D eigenvalue weighted by Gasteiger charge is -2.16. The Hall–Kier alpha value is -1.04. The highest BCUT2D eigenvalue weighted by atomic mass is 79.9. The minimum atomic E-state index is 0.150. The summed E-state index contributed by atoms with van der Waals surface area (Å²) in [5.41, 5.74) is 2.20. The van der Waals surface area contributed by atoms with E-state index in [0.29, 0.717) is 0 Å². The van der Waals surface area contributed by atoms with Gasteiger partial charge in [0.15, 0.2) is 0 Å². The van der Waals surface area contributed by atoms with Crippen LogP contribution in [0.3, 0.4) is 0 Å². The molecule has 0 bridgehead atoms. The summed E-state index contributed by atoms with van der Waals surface area (Å²) in [6.07, 6.45) is 0. The Morgan fingerprint density at radius 3 is 2.43 bits per heavy atom. The van der Waals surface area contributed by atoms with Crippen molar-refractivity contribution in [1.82, 2.24) is 5.32 Å². The Labute approximate surface area is 141 Å². The van der Waals surface area contributed by atoms with Crippen molar-refractivity contribution in [1.29, 1.82) is 0 Å². The predicted octanol–water partition coefficient (Wildman–Crippen LogP) is 4.78. The van der Waals surface area contributed by atoms with Crippen molar-refractivity contribution in [3.63, 3.8) is 0 Å². The standard InChI is InChI=1S/C16H17Br2NO2/c1-10(12-4-3-5-13(20)8-12)19-9-11-6-14(17)16(21-2)15(18)7-11/h3-8,10,19-20H,9H2,1-2H3. The predicted molar refractivity (Wildman–Crippen MR) is 91.8 cm³/mol. The molecule has 112 valence electrons. The molecule has 0 spiro atoms. The van der Waals surface area contributed by atoms with Crippen LogP contribution in [0.15, 0.2) is 45.3 Å². The van der Waals surface area contributed by atoms with Gasteiger partial charge < -0.3 is 15.2 Å². The van der Waals surface area contributed by atoms with Crippen LogP contribution >= 0.6 is 31.9 Å². The van der Waals surface area contributed by atoms with Crippen molar-refractivity contribution in [3.05, 3.63) is 56.5 Å². The van der Waals surface area contributed by atoms with Gasteiger partial charge in [-0.25, -0.2) is 0 Å². The number of hydrogen-bond acceptors (Lipinski definition) is 3. The molecule has 5 heteroatoms. The fourth-order valence-corrected chi connectivity index (χ4v) is 3.70. The molecule has 1 unspecified atom stereocenters. The smallest absolute Gasteiger partial charge is 0.147 e. The van der Waals surface area contributed by atoms with E-state index < -0.39 is 0 Å². The minimum Gasteiger partial charge on any atom is -0.508 e. The molecule has 21 heavy (non-hydrogen) atoms. The molecule has 0 saturated heterocycles. The molecule has 0 aromatic heterocycles. The third-order valence-corrected chi connectivity index (χ3v) is 4.42. The van der Waals surface area contributed by atoms with E-state index in [4.69, 9.17) is 4.74 Å². The number of ether oxygens (including phenoxy) is 1. The van der Waals surface area contributed by atoms with Crippen LogP contribution in [-0.2, 0) is 6.54 Å². The Morgan fingerprint density at radius 2 is 1.86 bits per heavy atom. The third-order valence-electron chi connectivity index (χ3n) is 3.24. The fraction of sp³-hybridized carbons (Fsp3) is 0.250. The molecule has 0 saturated carbocycles. The monoisotopic (exact) mass is 413 g/mol. The number of phenolic OH excluding ortho intramolecular Hbond substituents is 1. The highest BCUT2D eigenvalue weighted by Crippen LogP contribution is 2.34. The van der Waals surface area contributed by atoms with Gasteiger partial charge in [0.2, 0.25) is 0 Å². The second-order valence-corrected chi connectivity index (χ2v) is 6.50. The summed E-state index contributed by atoms with van der Waals surface area (Å²) < 4.78 is 7.13. The van der Waals surface area contributed by atoms with Gasteiger partial charge in [0.05, 0.1) is 16.1 Å². The fourth-order valence-electron chi connectivity index (χ4n) is 2.09. The van der Waals surface area contributed by atoms with Crippen LogP contribution in [0, 0.1) is 0 Å². The molecular formula is C16H17Br2NO2. The van der Waals surface area contributed by atoms with Gasteiger partial charge in [0.1, 0.15) is 11.5 Å². The average Bonchev–Trinajstić information content (AvgIpc) is 2.44. The molecule has 0 aliphatic rings. The zero-order valence-electron chi connectivity index (χ0n) is 11.9. The summed E-state index contributed by atoms with van der Waals surface area (Å²) in [6.45, 7) is 2.79. The van der Waals surface area contributed by atoms with Crippen LogP contribution < -0.4 is 10.1 Å². The van der Waals surface area contributed by atoms with E-state index in [-0.39, 0.29) is 11.8 Å². The molecule has 0 aliphatic heterocycles. The van der Waals surface area contributed by atoms with Gasteiger partial charge in [-0.2, -0.15) is 0 Å². The van der Waals surface area contributed by atoms with Gasteiger partial charge in [-0.3, -0.25) is 0 Å². The zero-order valence-corrected chi connectivity index (χ0v) is 15.0. The van der Waals surface area contributed by atoms with E-state index in [9.17, 15) is 5.11 Å². The molecular weight excluding hydrogens is 398 g/mol. The van der Waals surface area contributed by atoms with Gasteiger partial charge in [-0.1, -0.05) is 12.1 Å². The summed E-state index contributed by atoms with van der Waals surface area (Å²) >= 11 is 7.01. The Morgan fingerprint density at radius 1 is 1.19 bits per heavy atom. The maximum absolute atomic E-state index is 9.52. The molecule has 0 fully saturated rings. The number of benzene rings is 2. The Kier molecular flexibility index (Phi) is 5.67. The van der Waals surface area contributed by atoms with E-state index >= 15 is 0 Å². The number of rotatable bonds is 5. The van der Waals surface area contributed by atoms with Crippen LogP contribution in [0.1, 0.15) is 24.1 Å². The first-order valence-corrected chi connectivity index (χ1v) is 8.14. The molecule has 0 aliphatic carbocycles. The number of nitrogens with one attached hydrogen (secondary N) is 1. The third kappa shape index (κ3) is 4.22. The lowest BCUT2D eigenvalue weighted by molar-refractivity contribution is 0.409. The van der Waals surface area contributed by atoms with Crippen LogP contribution in [-0.4, -0.2) is 12.2 Å². The zero-order chi connectivity index (χ0) is 15.4. The quantitative estimate of drug-likeness (QED) is 0.739. The molecule has 0 amide bonds. The van der Waals surface area contributed by atoms with Gasteiger partial charge >= 0.3 is 0 Å². The Bertz CT molecular complexity index is 608. The molecule has 0 radical (unpaired) electrons. The van der Waals surface area contributed by atoms with Gasteiger partial charge in [-0.15, -0.1) is 0 Å². The normalized spacial score (nSPS) is 12.2. The summed E-state index contributed by atoms with van der Waals surface area (Å²) in [4.78, 5) is 0. The number of methoxy groups -OCH3 is 1. The second kappa shape index (κ2) is 7.29. The molecule has 2 aromatic carbocycles. The summed E-state index contributed by atoms with van der Waals surface area (Å²) in [5.74, 6) is 1.08. The van der Waals surface area contributed by atoms with E-state index in [2.05, 4.69) is 44.1 Å². The molecule has 2 rings (SSSR count). The molecule has 2 N–H and O–H groups in total. The molecule has 3 nitrogen and oxygen atoms in total. The lowest BCUT2D eigenvalue weighted by atomic mass is 10.1. The van der Waals surface area contributed by atoms with Crippen molar-refractivity contribution in [3.8, 4) is 11.5 Å². The SMILES string of the molecule is COc1c(Br)cc(CNC(C)c2cccc(O)c2)cc1Br. The van der Waals surface area contributed by atoms with Crippen molar-refractivity contribution in [2.75, 3.05) is 7.11 Å². The van der Waals surface area contributed by atoms with Gasteiger partial charge in [0.25, 0.3) is 0 Å². The first kappa shape index (κ1) is 16.3. The van der Waals surface area contributed by atoms with Crippen LogP contribution in [0.5, 0.6) is 11.5 Å².